The van der Waals surface area contributed by atoms with Crippen molar-refractivity contribution in [1.82, 2.24) is 9.97 Å². The van der Waals surface area contributed by atoms with Gasteiger partial charge in [0.2, 0.25) is 5.95 Å². The van der Waals surface area contributed by atoms with E-state index in [1.54, 1.807) is 0 Å². The van der Waals surface area contributed by atoms with Crippen LogP contribution in [0.25, 0.3) is 10.9 Å². The molecule has 0 aliphatic heterocycles. The molecule has 112 valence electrons. The molecule has 4 nitrogen and oxygen atoms in total. The number of nitrogens with one attached hydrogen (secondary N) is 2. The fourth-order valence-electron chi connectivity index (χ4n) is 2.70. The molecule has 0 spiro atoms. The summed E-state index contributed by atoms with van der Waals surface area (Å²) in [7, 11) is 0. The maximum Gasteiger partial charge on any atom is 0.225 e. The van der Waals surface area contributed by atoms with E-state index in [1.165, 1.54) is 25.7 Å². The average Bonchev–Trinajstić information content (AvgIpc) is 2.47. The third-order valence-electron chi connectivity index (χ3n) is 4.21. The average molecular weight is 284 g/mol. The maximum absolute atomic E-state index is 4.65. The van der Waals surface area contributed by atoms with Gasteiger partial charge >= 0.3 is 0 Å². The van der Waals surface area contributed by atoms with Crippen LogP contribution in [0.3, 0.4) is 0 Å². The Morgan fingerprint density at radius 3 is 2.71 bits per heavy atom. The molecule has 1 aromatic carbocycles. The summed E-state index contributed by atoms with van der Waals surface area (Å²) in [5, 5.41) is 7.90. The van der Waals surface area contributed by atoms with Crippen molar-refractivity contribution < 1.29 is 0 Å². The van der Waals surface area contributed by atoms with Crippen LogP contribution in [0.5, 0.6) is 0 Å². The molecule has 1 heterocycles. The van der Waals surface area contributed by atoms with E-state index in [-0.39, 0.29) is 0 Å². The highest BCUT2D eigenvalue weighted by molar-refractivity contribution is 5.89. The normalized spacial score (nSPS) is 14.9. The van der Waals surface area contributed by atoms with Crippen LogP contribution in [0.15, 0.2) is 24.3 Å². The van der Waals surface area contributed by atoms with Gasteiger partial charge in [-0.3, -0.25) is 0 Å². The highest BCUT2D eigenvalue weighted by Crippen LogP contribution is 2.29. The van der Waals surface area contributed by atoms with Crippen LogP contribution in [0.2, 0.25) is 0 Å². The van der Waals surface area contributed by atoms with Gasteiger partial charge in [0.1, 0.15) is 5.82 Å². The zero-order chi connectivity index (χ0) is 14.5. The third-order valence-corrected chi connectivity index (χ3v) is 4.21. The van der Waals surface area contributed by atoms with E-state index < -0.39 is 0 Å². The van der Waals surface area contributed by atoms with Crippen molar-refractivity contribution in [1.29, 1.82) is 0 Å². The first-order chi connectivity index (χ1) is 10.4. The number of benzene rings is 1. The topological polar surface area (TPSA) is 49.8 Å². The van der Waals surface area contributed by atoms with Gasteiger partial charge in [-0.25, -0.2) is 4.98 Å². The van der Waals surface area contributed by atoms with Crippen molar-refractivity contribution in [3.8, 4) is 0 Å². The molecule has 0 unspecified atom stereocenters. The Morgan fingerprint density at radius 1 is 1.10 bits per heavy atom. The van der Waals surface area contributed by atoms with Crippen LogP contribution in [0.1, 0.15) is 39.0 Å². The molecular weight excluding hydrogens is 260 g/mol. The van der Waals surface area contributed by atoms with Gasteiger partial charge in [-0.1, -0.05) is 38.3 Å². The summed E-state index contributed by atoms with van der Waals surface area (Å²) < 4.78 is 0. The first kappa shape index (κ1) is 14.1. The monoisotopic (exact) mass is 284 g/mol. The van der Waals surface area contributed by atoms with Crippen molar-refractivity contribution in [3.63, 3.8) is 0 Å². The van der Waals surface area contributed by atoms with E-state index in [1.807, 2.05) is 18.2 Å². The molecule has 3 rings (SSSR count). The maximum atomic E-state index is 4.65. The molecule has 1 saturated carbocycles. The minimum Gasteiger partial charge on any atom is -0.369 e. The Labute approximate surface area is 126 Å². The number of hydrogen-bond donors (Lipinski definition) is 2. The van der Waals surface area contributed by atoms with Crippen molar-refractivity contribution in [3.05, 3.63) is 24.3 Å². The lowest BCUT2D eigenvalue weighted by Gasteiger charge is -2.25. The number of aromatic nitrogens is 2. The first-order valence-electron chi connectivity index (χ1n) is 8.11. The Balaban J connectivity index is 1.76. The summed E-state index contributed by atoms with van der Waals surface area (Å²) in [5.41, 5.74) is 0.997. The van der Waals surface area contributed by atoms with Gasteiger partial charge in [0.25, 0.3) is 0 Å². The van der Waals surface area contributed by atoms with Gasteiger partial charge < -0.3 is 10.6 Å². The van der Waals surface area contributed by atoms with Crippen molar-refractivity contribution in [2.75, 3.05) is 23.7 Å². The van der Waals surface area contributed by atoms with Crippen LogP contribution in [-0.2, 0) is 0 Å². The number of nitrogens with zero attached hydrogens (tertiary/aromatic N) is 2. The number of hydrogen-bond acceptors (Lipinski definition) is 4. The van der Waals surface area contributed by atoms with E-state index in [4.69, 9.17) is 0 Å². The molecule has 1 aliphatic carbocycles. The minimum absolute atomic E-state index is 0.724. The fourth-order valence-corrected chi connectivity index (χ4v) is 2.70. The smallest absolute Gasteiger partial charge is 0.225 e. The summed E-state index contributed by atoms with van der Waals surface area (Å²) >= 11 is 0. The third kappa shape index (κ3) is 3.43. The fraction of sp³-hybridized carbons (Fsp3) is 0.529. The molecule has 1 aliphatic rings. The van der Waals surface area contributed by atoms with Gasteiger partial charge in [-0.15, -0.1) is 0 Å². The lowest BCUT2D eigenvalue weighted by atomic mass is 9.83. The molecular formula is C17H24N4. The van der Waals surface area contributed by atoms with E-state index in [0.29, 0.717) is 0 Å². The quantitative estimate of drug-likeness (QED) is 0.805. The van der Waals surface area contributed by atoms with E-state index in [0.717, 1.165) is 48.1 Å². The number of anilines is 2. The van der Waals surface area contributed by atoms with Crippen molar-refractivity contribution >= 4 is 22.7 Å². The molecule has 0 amide bonds. The number of para-hydroxylation sites is 1. The Hall–Kier alpha value is -1.84. The molecule has 0 saturated heterocycles. The van der Waals surface area contributed by atoms with Gasteiger partial charge in [0.15, 0.2) is 0 Å². The van der Waals surface area contributed by atoms with E-state index in [9.17, 15) is 0 Å². The second-order valence-electron chi connectivity index (χ2n) is 5.85. The van der Waals surface area contributed by atoms with Crippen LogP contribution >= 0.6 is 0 Å². The molecule has 0 bridgehead atoms. The van der Waals surface area contributed by atoms with Gasteiger partial charge in [-0.05, 0) is 30.9 Å². The lowest BCUT2D eigenvalue weighted by molar-refractivity contribution is 0.303. The Kier molecular flexibility index (Phi) is 4.53. The first-order valence-corrected chi connectivity index (χ1v) is 8.11. The molecule has 1 aromatic heterocycles. The molecule has 1 fully saturated rings. The molecule has 0 atom stereocenters. The van der Waals surface area contributed by atoms with Crippen LogP contribution < -0.4 is 10.6 Å². The van der Waals surface area contributed by atoms with Gasteiger partial charge in [-0.2, -0.15) is 4.98 Å². The standard InChI is InChI=1S/C17H24N4/c1-2-11-19-17-20-15-9-4-3-8-14(15)16(21-17)18-12-10-13-6-5-7-13/h3-4,8-9,13H,2,5-7,10-12H2,1H3,(H2,18,19,20,21). The summed E-state index contributed by atoms with van der Waals surface area (Å²) in [5.74, 6) is 2.60. The second-order valence-corrected chi connectivity index (χ2v) is 5.85. The predicted molar refractivity (Wildman–Crippen MR) is 88.8 cm³/mol. The van der Waals surface area contributed by atoms with Crippen molar-refractivity contribution in [2.24, 2.45) is 5.92 Å². The largest absolute Gasteiger partial charge is 0.369 e. The highest BCUT2D eigenvalue weighted by atomic mass is 15.1. The summed E-state index contributed by atoms with van der Waals surface area (Å²) in [6.07, 6.45) is 6.52. The Bertz CT molecular complexity index is 592. The number of fused-ring (bicyclic) bond motifs is 1. The molecule has 0 radical (unpaired) electrons. The SMILES string of the molecule is CCCNc1nc(NCCC2CCC2)c2ccccc2n1. The molecule has 4 heteroatoms. The van der Waals surface area contributed by atoms with Crippen molar-refractivity contribution in [2.45, 2.75) is 39.0 Å². The predicted octanol–water partition coefficient (Wildman–Crippen LogP) is 4.05. The van der Waals surface area contributed by atoms with Crippen LogP contribution in [0.4, 0.5) is 11.8 Å². The van der Waals surface area contributed by atoms with Crippen LogP contribution in [0, 0.1) is 5.92 Å². The second kappa shape index (κ2) is 6.74. The summed E-state index contributed by atoms with van der Waals surface area (Å²) in [6.45, 7) is 4.05. The molecule has 2 N–H and O–H groups in total. The van der Waals surface area contributed by atoms with E-state index in [2.05, 4.69) is 33.6 Å². The molecule has 2 aromatic rings. The van der Waals surface area contributed by atoms with Crippen LogP contribution in [-0.4, -0.2) is 23.1 Å². The highest BCUT2D eigenvalue weighted by Gasteiger charge is 2.16. The Morgan fingerprint density at radius 2 is 1.95 bits per heavy atom. The lowest BCUT2D eigenvalue weighted by Crippen LogP contribution is -2.16. The van der Waals surface area contributed by atoms with Gasteiger partial charge in [0.05, 0.1) is 5.52 Å². The van der Waals surface area contributed by atoms with E-state index >= 15 is 0 Å². The summed E-state index contributed by atoms with van der Waals surface area (Å²) in [4.78, 5) is 9.23. The number of rotatable bonds is 7. The summed E-state index contributed by atoms with van der Waals surface area (Å²) in [6, 6.07) is 8.20. The zero-order valence-electron chi connectivity index (χ0n) is 12.7. The zero-order valence-corrected chi connectivity index (χ0v) is 12.7. The molecule has 21 heavy (non-hydrogen) atoms. The van der Waals surface area contributed by atoms with Gasteiger partial charge in [0, 0.05) is 18.5 Å². The minimum atomic E-state index is 0.724.